The number of hydrogen-bond acceptors (Lipinski definition) is 13. The molecule has 5 aliphatic rings. The normalized spacial score (nSPS) is 31.3. The van der Waals surface area contributed by atoms with Crippen LogP contribution in [-0.4, -0.2) is 127 Å². The van der Waals surface area contributed by atoms with E-state index in [9.17, 15) is 54.0 Å². The third-order valence-electron chi connectivity index (χ3n) is 16.1. The number of aliphatic hydroxyl groups is 2. The van der Waals surface area contributed by atoms with E-state index >= 15 is 8.78 Å². The number of aliphatic hydroxyl groups excluding tert-OH is 2. The van der Waals surface area contributed by atoms with Crippen LogP contribution in [0.15, 0.2) is 66.3 Å². The number of ether oxygens (including phenoxy) is 2. The molecule has 402 valence electrons. The molecule has 74 heavy (non-hydrogen) atoms. The number of unbranched alkanes of at least 4 members (excludes halogenated alkanes) is 1. The van der Waals surface area contributed by atoms with E-state index in [1.165, 1.54) is 50.8 Å². The Kier molecular flexibility index (Phi) is 17.0. The summed E-state index contributed by atoms with van der Waals surface area (Å²) in [5.74, 6) is -6.66. The van der Waals surface area contributed by atoms with Gasteiger partial charge in [0.2, 0.25) is 23.6 Å². The molecule has 0 spiro atoms. The average Bonchev–Trinajstić information content (AvgIpc) is 3.85. The van der Waals surface area contributed by atoms with Crippen LogP contribution in [0.2, 0.25) is 0 Å². The zero-order valence-electron chi connectivity index (χ0n) is 42.5. The van der Waals surface area contributed by atoms with Crippen molar-refractivity contribution in [1.29, 1.82) is 0 Å². The lowest BCUT2D eigenvalue weighted by molar-refractivity contribution is -0.235. The van der Waals surface area contributed by atoms with E-state index in [0.717, 1.165) is 30.9 Å². The number of amides is 4. The highest BCUT2D eigenvalue weighted by molar-refractivity contribution is 8.01. The standard InChI is InChI=1S/C54H68F2N4O13S/c1-7-8-9-28(2)74-41(25-46(67)68)49(71)57-19-17-45(66)58-29(3)47(69)59-30(4)48(70)60-39-21-32(12-15-40(39)63)20-31-10-13-33(14-11-31)50-72-44-24-35-36-23-38(55)37-22-34(62)16-18-51(37,5)53(36,56)42(64)26-52(35,6)54(44,73-50)43(65)27-61/h10-16,18,21-22,28-30,35-36,38,41-42,44,50,61,63-64H,7-9,17,19-20,23-27H2,1-6H3,(H,57,71)(H,58,66)(H,59,69)(H,60,70)(H,67,68)/t28?,29-,30-,35?,36-,38-,41?,42-,44+,50+,51-,52-,53-,54+/m0/s1. The molecule has 2 aromatic rings. The summed E-state index contributed by atoms with van der Waals surface area (Å²) in [6.45, 7) is 9.05. The highest BCUT2D eigenvalue weighted by Gasteiger charge is 2.80. The lowest BCUT2D eigenvalue weighted by atomic mass is 9.44. The molecule has 4 fully saturated rings. The van der Waals surface area contributed by atoms with Crippen molar-refractivity contribution in [2.24, 2.45) is 22.7 Å². The minimum Gasteiger partial charge on any atom is -0.506 e. The number of benzene rings is 2. The van der Waals surface area contributed by atoms with Gasteiger partial charge in [0, 0.05) is 40.5 Å². The number of phenols is 1. The van der Waals surface area contributed by atoms with E-state index in [1.807, 2.05) is 13.8 Å². The molecule has 7 rings (SSSR count). The van der Waals surface area contributed by atoms with Gasteiger partial charge in [-0.1, -0.05) is 70.0 Å². The van der Waals surface area contributed by atoms with Crippen LogP contribution in [0.5, 0.6) is 5.75 Å². The Balaban J connectivity index is 0.926. The molecule has 8 N–H and O–H groups in total. The average molecular weight is 1050 g/mol. The molecule has 4 amide bonds. The van der Waals surface area contributed by atoms with Gasteiger partial charge in [-0.25, -0.2) is 8.78 Å². The van der Waals surface area contributed by atoms with Crippen LogP contribution < -0.4 is 21.3 Å². The molecule has 1 heterocycles. The second kappa shape index (κ2) is 22.4. The fourth-order valence-electron chi connectivity index (χ4n) is 12.2. The van der Waals surface area contributed by atoms with Gasteiger partial charge in [-0.05, 0) is 99.8 Å². The van der Waals surface area contributed by atoms with Gasteiger partial charge in [0.15, 0.2) is 29.1 Å². The number of carboxylic acid groups (broad SMARTS) is 1. The Labute approximate surface area is 433 Å². The van der Waals surface area contributed by atoms with Gasteiger partial charge in [0.25, 0.3) is 0 Å². The van der Waals surface area contributed by atoms with Crippen LogP contribution >= 0.6 is 11.8 Å². The molecule has 3 unspecified atom stereocenters. The molecule has 14 atom stereocenters. The largest absolute Gasteiger partial charge is 0.506 e. The van der Waals surface area contributed by atoms with Crippen LogP contribution in [0.3, 0.4) is 0 Å². The number of alkyl halides is 2. The molecule has 4 aliphatic carbocycles. The van der Waals surface area contributed by atoms with Crippen molar-refractivity contribution >= 4 is 58.6 Å². The van der Waals surface area contributed by atoms with Crippen molar-refractivity contribution in [3.05, 3.63) is 83.0 Å². The molecular weight excluding hydrogens is 983 g/mol. The highest BCUT2D eigenvalue weighted by Crippen LogP contribution is 2.72. The van der Waals surface area contributed by atoms with Crippen LogP contribution in [-0.2, 0) is 49.5 Å². The number of thioether (sulfide) groups is 1. The fraction of sp³-hybridized carbons (Fsp3) is 0.574. The number of rotatable bonds is 21. The SMILES string of the molecule is CCCCC(C)SC(CC(=O)O)C(=O)NCCC(=O)N[C@@H](C)C(=O)N[C@@H](C)C(=O)Nc1cc(Cc2ccc([C@@H]3O[C@@H]4CC5[C@@H]6C[C@H](F)C7=CC(=O)C=C[C@]7(C)[C@@]6(F)[C@@H](O)C[C@]5(C)[C@]4(C(=O)CO)O3)cc2)ccc1O. The first-order chi connectivity index (χ1) is 34.9. The molecule has 0 aromatic heterocycles. The number of halogens is 2. The second-order valence-electron chi connectivity index (χ2n) is 21.0. The number of Topliss-reactive ketones (excluding diaryl/α,β-unsaturated/α-hetero) is 1. The highest BCUT2D eigenvalue weighted by atomic mass is 32.2. The summed E-state index contributed by atoms with van der Waals surface area (Å²) in [5, 5.41) is 51.7. The maximum absolute atomic E-state index is 17.8. The molecule has 0 bridgehead atoms. The lowest BCUT2D eigenvalue weighted by Gasteiger charge is -2.63. The van der Waals surface area contributed by atoms with E-state index < -0.39 is 124 Å². The first-order valence-electron chi connectivity index (χ1n) is 25.3. The van der Waals surface area contributed by atoms with Gasteiger partial charge in [0.1, 0.15) is 30.6 Å². The molecular formula is C54H68F2N4O13S. The first-order valence-corrected chi connectivity index (χ1v) is 26.3. The third-order valence-corrected chi connectivity index (χ3v) is 17.5. The van der Waals surface area contributed by atoms with Crippen LogP contribution in [0.1, 0.15) is 116 Å². The molecule has 2 aromatic carbocycles. The monoisotopic (exact) mass is 1050 g/mol. The maximum atomic E-state index is 17.8. The van der Waals surface area contributed by atoms with Crippen molar-refractivity contribution in [2.45, 2.75) is 158 Å². The number of carbonyl (C=O) groups is 7. The molecule has 0 radical (unpaired) electrons. The molecule has 3 saturated carbocycles. The lowest BCUT2D eigenvalue weighted by Crippen LogP contribution is -2.70. The minimum absolute atomic E-state index is 0.0163. The molecule has 1 aliphatic heterocycles. The number of carbonyl (C=O) groups excluding carboxylic acids is 6. The predicted molar refractivity (Wildman–Crippen MR) is 269 cm³/mol. The quantitative estimate of drug-likeness (QED) is 0.0745. The van der Waals surface area contributed by atoms with Gasteiger partial charge < -0.3 is 51.2 Å². The smallest absolute Gasteiger partial charge is 0.305 e. The molecule has 17 nitrogen and oxygen atoms in total. The summed E-state index contributed by atoms with van der Waals surface area (Å²) in [6, 6.07) is 9.55. The van der Waals surface area contributed by atoms with Crippen molar-refractivity contribution in [2.75, 3.05) is 18.5 Å². The summed E-state index contributed by atoms with van der Waals surface area (Å²) in [4.78, 5) is 89.3. The van der Waals surface area contributed by atoms with Crippen molar-refractivity contribution in [3.63, 3.8) is 0 Å². The van der Waals surface area contributed by atoms with Gasteiger partial charge in [-0.3, -0.25) is 33.6 Å². The maximum Gasteiger partial charge on any atom is 0.305 e. The number of aliphatic carboxylic acids is 1. The Hall–Kier alpha value is -5.54. The zero-order valence-corrected chi connectivity index (χ0v) is 43.3. The Morgan fingerprint density at radius 3 is 2.30 bits per heavy atom. The van der Waals surface area contributed by atoms with E-state index in [1.54, 1.807) is 43.3 Å². The van der Waals surface area contributed by atoms with Gasteiger partial charge in [-0.2, -0.15) is 0 Å². The van der Waals surface area contributed by atoms with Crippen LogP contribution in [0.4, 0.5) is 14.5 Å². The minimum atomic E-state index is -2.38. The fourth-order valence-corrected chi connectivity index (χ4v) is 13.5. The molecule has 20 heteroatoms. The van der Waals surface area contributed by atoms with Gasteiger partial charge in [0.05, 0.1) is 29.6 Å². The van der Waals surface area contributed by atoms with E-state index in [4.69, 9.17) is 9.47 Å². The number of aromatic hydroxyl groups is 1. The number of ketones is 2. The second-order valence-corrected chi connectivity index (χ2v) is 22.6. The number of phenolic OH excluding ortho intramolecular Hbond substituents is 1. The summed E-state index contributed by atoms with van der Waals surface area (Å²) in [7, 11) is 0. The Morgan fingerprint density at radius 1 is 0.932 bits per heavy atom. The Bertz CT molecular complexity index is 2580. The van der Waals surface area contributed by atoms with Crippen molar-refractivity contribution in [1.82, 2.24) is 16.0 Å². The third kappa shape index (κ3) is 10.7. The number of fused-ring (bicyclic) bond motifs is 7. The number of hydrogen-bond donors (Lipinski definition) is 8. The Morgan fingerprint density at radius 2 is 1.62 bits per heavy atom. The summed E-state index contributed by atoms with van der Waals surface area (Å²) >= 11 is 1.28. The first kappa shape index (κ1) is 56.2. The summed E-state index contributed by atoms with van der Waals surface area (Å²) in [6.07, 6.45) is 0.303. The van der Waals surface area contributed by atoms with E-state index in [-0.39, 0.29) is 60.9 Å². The van der Waals surface area contributed by atoms with Crippen molar-refractivity contribution in [3.8, 4) is 5.75 Å². The summed E-state index contributed by atoms with van der Waals surface area (Å²) < 4.78 is 46.9. The van der Waals surface area contributed by atoms with Crippen LogP contribution in [0, 0.1) is 22.7 Å². The van der Waals surface area contributed by atoms with Crippen molar-refractivity contribution < 1.29 is 72.2 Å². The summed E-state index contributed by atoms with van der Waals surface area (Å²) in [5.41, 5.74) is -5.01. The zero-order chi connectivity index (χ0) is 54.1. The topological polar surface area (TPSA) is 267 Å². The number of nitrogens with one attached hydrogen (secondary N) is 4. The van der Waals surface area contributed by atoms with E-state index in [0.29, 0.717) is 17.5 Å². The number of carboxylic acids is 1. The van der Waals surface area contributed by atoms with Gasteiger partial charge >= 0.3 is 5.97 Å². The van der Waals surface area contributed by atoms with Gasteiger partial charge in [-0.15, -0.1) is 11.8 Å². The molecule has 1 saturated heterocycles. The van der Waals surface area contributed by atoms with Crippen LogP contribution in [0.25, 0.3) is 0 Å². The number of anilines is 1. The predicted octanol–water partition coefficient (Wildman–Crippen LogP) is 5.24. The number of allylic oxidation sites excluding steroid dienone is 4. The van der Waals surface area contributed by atoms with E-state index in [2.05, 4.69) is 21.3 Å².